The summed E-state index contributed by atoms with van der Waals surface area (Å²) < 4.78 is 26.9. The SMILES string of the molecule is O=C(CCS(=O)(=O)c1ccccc1)Nc1cccc(-c2nnc3n2CCCCC3)c1. The van der Waals surface area contributed by atoms with Crippen molar-refractivity contribution in [3.8, 4) is 11.4 Å². The highest BCUT2D eigenvalue weighted by atomic mass is 32.2. The Labute approximate surface area is 176 Å². The molecule has 0 spiro atoms. The van der Waals surface area contributed by atoms with E-state index in [1.807, 2.05) is 18.2 Å². The normalized spacial score (nSPS) is 14.0. The number of hydrogen-bond donors (Lipinski definition) is 1. The van der Waals surface area contributed by atoms with Crippen molar-refractivity contribution in [1.82, 2.24) is 14.8 Å². The summed E-state index contributed by atoms with van der Waals surface area (Å²) in [5.41, 5.74) is 1.49. The fourth-order valence-corrected chi connectivity index (χ4v) is 4.89. The Morgan fingerprint density at radius 1 is 1.00 bits per heavy atom. The monoisotopic (exact) mass is 424 g/mol. The summed E-state index contributed by atoms with van der Waals surface area (Å²) in [6.45, 7) is 0.894. The van der Waals surface area contributed by atoms with Gasteiger partial charge in [0.2, 0.25) is 5.91 Å². The maximum absolute atomic E-state index is 12.4. The molecule has 0 saturated heterocycles. The molecule has 1 aromatic heterocycles. The van der Waals surface area contributed by atoms with Crippen LogP contribution in [0.2, 0.25) is 0 Å². The predicted molar refractivity (Wildman–Crippen MR) is 115 cm³/mol. The van der Waals surface area contributed by atoms with Crippen molar-refractivity contribution in [2.45, 2.75) is 43.5 Å². The number of nitrogens with one attached hydrogen (secondary N) is 1. The van der Waals surface area contributed by atoms with Gasteiger partial charge in [0.25, 0.3) is 0 Å². The van der Waals surface area contributed by atoms with Crippen LogP contribution in [0, 0.1) is 0 Å². The number of fused-ring (bicyclic) bond motifs is 1. The van der Waals surface area contributed by atoms with Crippen molar-refractivity contribution < 1.29 is 13.2 Å². The summed E-state index contributed by atoms with van der Waals surface area (Å²) in [4.78, 5) is 12.6. The molecule has 0 atom stereocenters. The molecule has 1 N–H and O–H groups in total. The van der Waals surface area contributed by atoms with E-state index in [1.165, 1.54) is 18.6 Å². The van der Waals surface area contributed by atoms with Crippen molar-refractivity contribution in [3.05, 3.63) is 60.4 Å². The number of aromatic nitrogens is 3. The number of carbonyl (C=O) groups excluding carboxylic acids is 1. The Bertz CT molecular complexity index is 1140. The van der Waals surface area contributed by atoms with Gasteiger partial charge in [-0.25, -0.2) is 8.42 Å². The molecule has 0 saturated carbocycles. The Kier molecular flexibility index (Phi) is 5.94. The van der Waals surface area contributed by atoms with Crippen LogP contribution in [0.15, 0.2) is 59.5 Å². The van der Waals surface area contributed by atoms with E-state index >= 15 is 0 Å². The molecule has 1 aliphatic heterocycles. The van der Waals surface area contributed by atoms with Gasteiger partial charge in [0.05, 0.1) is 10.6 Å². The van der Waals surface area contributed by atoms with Gasteiger partial charge in [-0.15, -0.1) is 10.2 Å². The summed E-state index contributed by atoms with van der Waals surface area (Å²) in [7, 11) is -3.49. The molecule has 0 fully saturated rings. The van der Waals surface area contributed by atoms with Gasteiger partial charge in [-0.1, -0.05) is 36.8 Å². The summed E-state index contributed by atoms with van der Waals surface area (Å²) in [6, 6.07) is 15.6. The highest BCUT2D eigenvalue weighted by molar-refractivity contribution is 7.91. The number of aryl methyl sites for hydroxylation is 1. The fraction of sp³-hybridized carbons (Fsp3) is 0.318. The number of sulfone groups is 1. The highest BCUT2D eigenvalue weighted by Gasteiger charge is 2.18. The van der Waals surface area contributed by atoms with Crippen LogP contribution in [-0.2, 0) is 27.6 Å². The first-order chi connectivity index (χ1) is 14.5. The zero-order valence-corrected chi connectivity index (χ0v) is 17.4. The maximum atomic E-state index is 12.4. The van der Waals surface area contributed by atoms with Crippen LogP contribution in [0.3, 0.4) is 0 Å². The zero-order chi connectivity index (χ0) is 21.0. The van der Waals surface area contributed by atoms with E-state index in [0.29, 0.717) is 5.69 Å². The maximum Gasteiger partial charge on any atom is 0.225 e. The third-order valence-electron chi connectivity index (χ3n) is 5.21. The molecule has 30 heavy (non-hydrogen) atoms. The average molecular weight is 425 g/mol. The van der Waals surface area contributed by atoms with E-state index in [9.17, 15) is 13.2 Å². The molecule has 156 valence electrons. The molecule has 2 heterocycles. The summed E-state index contributed by atoms with van der Waals surface area (Å²) >= 11 is 0. The van der Waals surface area contributed by atoms with Crippen LogP contribution in [0.4, 0.5) is 5.69 Å². The predicted octanol–water partition coefficient (Wildman–Crippen LogP) is 3.47. The summed E-state index contributed by atoms with van der Waals surface area (Å²) in [5, 5.41) is 11.5. The molecule has 0 radical (unpaired) electrons. The largest absolute Gasteiger partial charge is 0.326 e. The molecule has 0 aliphatic carbocycles. The van der Waals surface area contributed by atoms with Gasteiger partial charge in [-0.3, -0.25) is 4.79 Å². The third-order valence-corrected chi connectivity index (χ3v) is 6.95. The van der Waals surface area contributed by atoms with E-state index in [2.05, 4.69) is 20.1 Å². The average Bonchev–Trinajstić information content (AvgIpc) is 3.01. The minimum atomic E-state index is -3.49. The number of amides is 1. The highest BCUT2D eigenvalue weighted by Crippen LogP contribution is 2.25. The van der Waals surface area contributed by atoms with Crippen molar-refractivity contribution >= 4 is 21.4 Å². The van der Waals surface area contributed by atoms with Crippen molar-refractivity contribution in [2.24, 2.45) is 0 Å². The lowest BCUT2D eigenvalue weighted by atomic mass is 10.2. The standard InChI is InChI=1S/C22H24N4O3S/c27-21(13-15-30(28,29)19-10-3-1-4-11-19)23-18-9-7-8-17(16-18)22-25-24-20-12-5-2-6-14-26(20)22/h1,3-4,7-11,16H,2,5-6,12-15H2,(H,23,27). The quantitative estimate of drug-likeness (QED) is 0.654. The minimum absolute atomic E-state index is 0.109. The molecule has 1 aliphatic rings. The molecule has 0 bridgehead atoms. The van der Waals surface area contributed by atoms with Gasteiger partial charge < -0.3 is 9.88 Å². The fourth-order valence-electron chi connectivity index (χ4n) is 3.63. The van der Waals surface area contributed by atoms with E-state index in [-0.39, 0.29) is 23.0 Å². The van der Waals surface area contributed by atoms with Crippen LogP contribution in [-0.4, -0.2) is 34.8 Å². The van der Waals surface area contributed by atoms with Gasteiger partial charge in [-0.2, -0.15) is 0 Å². The molecular formula is C22H24N4O3S. The lowest BCUT2D eigenvalue weighted by Gasteiger charge is -2.10. The topological polar surface area (TPSA) is 93.9 Å². The van der Waals surface area contributed by atoms with Crippen LogP contribution in [0.5, 0.6) is 0 Å². The van der Waals surface area contributed by atoms with Crippen molar-refractivity contribution in [3.63, 3.8) is 0 Å². The van der Waals surface area contributed by atoms with E-state index < -0.39 is 9.84 Å². The van der Waals surface area contributed by atoms with Crippen molar-refractivity contribution in [1.29, 1.82) is 0 Å². The second kappa shape index (κ2) is 8.79. The van der Waals surface area contributed by atoms with Crippen LogP contribution < -0.4 is 5.32 Å². The number of rotatable bonds is 6. The molecular weight excluding hydrogens is 400 g/mol. The first-order valence-corrected chi connectivity index (χ1v) is 11.8. The minimum Gasteiger partial charge on any atom is -0.326 e. The van der Waals surface area contributed by atoms with Crippen LogP contribution in [0.1, 0.15) is 31.5 Å². The molecule has 4 rings (SSSR count). The number of hydrogen-bond acceptors (Lipinski definition) is 5. The van der Waals surface area contributed by atoms with Crippen LogP contribution >= 0.6 is 0 Å². The molecule has 1 amide bonds. The smallest absolute Gasteiger partial charge is 0.225 e. The van der Waals surface area contributed by atoms with Crippen molar-refractivity contribution in [2.75, 3.05) is 11.1 Å². The molecule has 7 nitrogen and oxygen atoms in total. The van der Waals surface area contributed by atoms with Gasteiger partial charge in [0, 0.05) is 30.6 Å². The lowest BCUT2D eigenvalue weighted by molar-refractivity contribution is -0.115. The number of carbonyl (C=O) groups is 1. The zero-order valence-electron chi connectivity index (χ0n) is 16.6. The molecule has 8 heteroatoms. The Hall–Kier alpha value is -3.00. The van der Waals surface area contributed by atoms with Gasteiger partial charge in [0.1, 0.15) is 5.82 Å². The van der Waals surface area contributed by atoms with Gasteiger partial charge >= 0.3 is 0 Å². The first kappa shape index (κ1) is 20.3. The Morgan fingerprint density at radius 3 is 2.67 bits per heavy atom. The second-order valence-electron chi connectivity index (χ2n) is 7.41. The third kappa shape index (κ3) is 4.59. The number of benzene rings is 2. The van der Waals surface area contributed by atoms with Gasteiger partial charge in [0.15, 0.2) is 15.7 Å². The van der Waals surface area contributed by atoms with Crippen LogP contribution in [0.25, 0.3) is 11.4 Å². The van der Waals surface area contributed by atoms with E-state index in [1.54, 1.807) is 24.3 Å². The number of nitrogens with zero attached hydrogens (tertiary/aromatic N) is 3. The molecule has 3 aromatic rings. The molecule has 0 unspecified atom stereocenters. The van der Waals surface area contributed by atoms with Gasteiger partial charge in [-0.05, 0) is 37.1 Å². The summed E-state index contributed by atoms with van der Waals surface area (Å²) in [5.74, 6) is 1.23. The second-order valence-corrected chi connectivity index (χ2v) is 9.52. The Balaban J connectivity index is 1.44. The Morgan fingerprint density at radius 2 is 1.83 bits per heavy atom. The number of anilines is 1. The van der Waals surface area contributed by atoms with E-state index in [4.69, 9.17) is 0 Å². The lowest BCUT2D eigenvalue weighted by Crippen LogP contribution is -2.17. The summed E-state index contributed by atoms with van der Waals surface area (Å²) in [6.07, 6.45) is 4.23. The first-order valence-electron chi connectivity index (χ1n) is 10.1. The molecule has 2 aromatic carbocycles. The van der Waals surface area contributed by atoms with E-state index in [0.717, 1.165) is 43.0 Å².